The number of hydrogen-bond acceptors (Lipinski definition) is 3. The molecule has 1 fully saturated rings. The quantitative estimate of drug-likeness (QED) is 0.821. The van der Waals surface area contributed by atoms with Crippen LogP contribution in [0, 0.1) is 5.41 Å². The topological polar surface area (TPSA) is 55.1 Å². The Kier molecular flexibility index (Phi) is 3.76. The third kappa shape index (κ3) is 3.25. The number of imidazole rings is 1. The Morgan fingerprint density at radius 3 is 2.94 bits per heavy atom. The van der Waals surface area contributed by atoms with Crippen molar-refractivity contribution in [3.8, 4) is 0 Å². The van der Waals surface area contributed by atoms with E-state index < -0.39 is 5.97 Å². The van der Waals surface area contributed by atoms with Crippen molar-refractivity contribution in [2.75, 3.05) is 5.75 Å². The number of aromatic nitrogens is 2. The smallest absolute Gasteiger partial charge is 0.313 e. The standard InChI is InChI=1S/C12H18N2O2S/c1-12(4-2-3-5-12)9-14-7-6-13-11(14)17-8-10(15)16/h6-7H,2-5,8-9H2,1H3,(H,15,16). The van der Waals surface area contributed by atoms with Crippen molar-refractivity contribution < 1.29 is 9.90 Å². The molecule has 0 aromatic carbocycles. The molecule has 2 rings (SSSR count). The Morgan fingerprint density at radius 1 is 1.59 bits per heavy atom. The normalized spacial score (nSPS) is 18.4. The maximum Gasteiger partial charge on any atom is 0.313 e. The molecule has 4 nitrogen and oxygen atoms in total. The molecule has 0 unspecified atom stereocenters. The second kappa shape index (κ2) is 5.12. The van der Waals surface area contributed by atoms with Gasteiger partial charge in [-0.25, -0.2) is 4.98 Å². The molecular formula is C12H18N2O2S. The summed E-state index contributed by atoms with van der Waals surface area (Å²) in [6.07, 6.45) is 8.84. The van der Waals surface area contributed by atoms with Crippen molar-refractivity contribution in [1.82, 2.24) is 9.55 Å². The first-order valence-electron chi connectivity index (χ1n) is 5.95. The second-order valence-electron chi connectivity index (χ2n) is 5.04. The minimum Gasteiger partial charge on any atom is -0.481 e. The molecule has 0 saturated heterocycles. The summed E-state index contributed by atoms with van der Waals surface area (Å²) in [4.78, 5) is 14.8. The molecule has 0 bridgehead atoms. The summed E-state index contributed by atoms with van der Waals surface area (Å²) >= 11 is 1.30. The number of carbonyl (C=O) groups is 1. The zero-order chi connectivity index (χ0) is 12.3. The SMILES string of the molecule is CC1(Cn2ccnc2SCC(=O)O)CCCC1. The lowest BCUT2D eigenvalue weighted by Gasteiger charge is -2.24. The summed E-state index contributed by atoms with van der Waals surface area (Å²) in [5.74, 6) is -0.718. The molecule has 1 heterocycles. The fourth-order valence-electron chi connectivity index (χ4n) is 2.48. The molecule has 0 radical (unpaired) electrons. The van der Waals surface area contributed by atoms with Crippen LogP contribution in [0.1, 0.15) is 32.6 Å². The molecule has 1 N–H and O–H groups in total. The highest BCUT2D eigenvalue weighted by Crippen LogP contribution is 2.39. The van der Waals surface area contributed by atoms with Crippen LogP contribution < -0.4 is 0 Å². The molecule has 5 heteroatoms. The lowest BCUT2D eigenvalue weighted by atomic mass is 9.89. The fourth-order valence-corrected chi connectivity index (χ4v) is 3.16. The highest BCUT2D eigenvalue weighted by Gasteiger charge is 2.29. The van der Waals surface area contributed by atoms with Crippen molar-refractivity contribution in [2.24, 2.45) is 5.41 Å². The number of nitrogens with zero attached hydrogens (tertiary/aromatic N) is 2. The van der Waals surface area contributed by atoms with Crippen LogP contribution in [0.5, 0.6) is 0 Å². The zero-order valence-electron chi connectivity index (χ0n) is 10.1. The predicted molar refractivity (Wildman–Crippen MR) is 67.2 cm³/mol. The first-order valence-corrected chi connectivity index (χ1v) is 6.93. The van der Waals surface area contributed by atoms with Crippen LogP contribution in [0.25, 0.3) is 0 Å². The Balaban J connectivity index is 2.00. The second-order valence-corrected chi connectivity index (χ2v) is 5.98. The number of rotatable bonds is 5. The van der Waals surface area contributed by atoms with Gasteiger partial charge in [0.1, 0.15) is 0 Å². The molecule has 1 aliphatic carbocycles. The Morgan fingerprint density at radius 2 is 2.29 bits per heavy atom. The Labute approximate surface area is 105 Å². The van der Waals surface area contributed by atoms with E-state index in [9.17, 15) is 4.79 Å². The van der Waals surface area contributed by atoms with Crippen molar-refractivity contribution >= 4 is 17.7 Å². The predicted octanol–water partition coefficient (Wildman–Crippen LogP) is 2.64. The van der Waals surface area contributed by atoms with Crippen molar-refractivity contribution in [3.05, 3.63) is 12.4 Å². The van der Waals surface area contributed by atoms with E-state index in [0.29, 0.717) is 5.41 Å². The van der Waals surface area contributed by atoms with Crippen LogP contribution in [0.15, 0.2) is 17.6 Å². The third-order valence-electron chi connectivity index (χ3n) is 3.36. The van der Waals surface area contributed by atoms with E-state index in [1.54, 1.807) is 6.20 Å². The molecule has 0 spiro atoms. The molecule has 1 saturated carbocycles. The molecule has 0 aliphatic heterocycles. The first-order chi connectivity index (χ1) is 8.09. The van der Waals surface area contributed by atoms with Crippen LogP contribution >= 0.6 is 11.8 Å². The van der Waals surface area contributed by atoms with Gasteiger partial charge in [0.25, 0.3) is 0 Å². The molecule has 94 valence electrons. The van der Waals surface area contributed by atoms with E-state index in [0.717, 1.165) is 11.7 Å². The van der Waals surface area contributed by atoms with E-state index in [-0.39, 0.29) is 5.75 Å². The monoisotopic (exact) mass is 254 g/mol. The van der Waals surface area contributed by atoms with Crippen LogP contribution in [-0.4, -0.2) is 26.4 Å². The third-order valence-corrected chi connectivity index (χ3v) is 4.35. The molecule has 0 amide bonds. The van der Waals surface area contributed by atoms with Crippen LogP contribution in [0.2, 0.25) is 0 Å². The summed E-state index contributed by atoms with van der Waals surface area (Å²) in [6, 6.07) is 0. The first kappa shape index (κ1) is 12.5. The van der Waals surface area contributed by atoms with Crippen LogP contribution in [0.4, 0.5) is 0 Å². The van der Waals surface area contributed by atoms with E-state index in [1.165, 1.54) is 37.4 Å². The molecule has 0 atom stereocenters. The van der Waals surface area contributed by atoms with Crippen molar-refractivity contribution in [1.29, 1.82) is 0 Å². The van der Waals surface area contributed by atoms with Gasteiger partial charge in [-0.1, -0.05) is 31.5 Å². The average molecular weight is 254 g/mol. The number of hydrogen-bond donors (Lipinski definition) is 1. The lowest BCUT2D eigenvalue weighted by molar-refractivity contribution is -0.133. The zero-order valence-corrected chi connectivity index (χ0v) is 10.9. The molecule has 1 aromatic heterocycles. The minimum absolute atomic E-state index is 0.0771. The van der Waals surface area contributed by atoms with Gasteiger partial charge in [-0.15, -0.1) is 0 Å². The molecular weight excluding hydrogens is 236 g/mol. The molecule has 1 aliphatic rings. The number of aliphatic carboxylic acids is 1. The average Bonchev–Trinajstić information content (AvgIpc) is 2.85. The van der Waals surface area contributed by atoms with Gasteiger partial charge in [0, 0.05) is 18.9 Å². The van der Waals surface area contributed by atoms with E-state index in [4.69, 9.17) is 5.11 Å². The van der Waals surface area contributed by atoms with Gasteiger partial charge in [-0.05, 0) is 18.3 Å². The van der Waals surface area contributed by atoms with E-state index in [1.807, 2.05) is 6.20 Å². The highest BCUT2D eigenvalue weighted by molar-refractivity contribution is 7.99. The van der Waals surface area contributed by atoms with Gasteiger partial charge in [-0.3, -0.25) is 4.79 Å². The number of carboxylic acid groups (broad SMARTS) is 1. The lowest BCUT2D eigenvalue weighted by Crippen LogP contribution is -2.19. The van der Waals surface area contributed by atoms with Gasteiger partial charge in [0.2, 0.25) is 0 Å². The van der Waals surface area contributed by atoms with Gasteiger partial charge >= 0.3 is 5.97 Å². The number of carboxylic acids is 1. The van der Waals surface area contributed by atoms with Gasteiger partial charge in [0.15, 0.2) is 5.16 Å². The summed E-state index contributed by atoms with van der Waals surface area (Å²) in [5.41, 5.74) is 0.360. The van der Waals surface area contributed by atoms with E-state index in [2.05, 4.69) is 16.5 Å². The summed E-state index contributed by atoms with van der Waals surface area (Å²) < 4.78 is 2.10. The molecule has 1 aromatic rings. The highest BCUT2D eigenvalue weighted by atomic mass is 32.2. The molecule has 17 heavy (non-hydrogen) atoms. The maximum atomic E-state index is 10.6. The summed E-state index contributed by atoms with van der Waals surface area (Å²) in [5, 5.41) is 9.50. The van der Waals surface area contributed by atoms with Crippen molar-refractivity contribution in [2.45, 2.75) is 44.3 Å². The summed E-state index contributed by atoms with van der Waals surface area (Å²) in [7, 11) is 0. The minimum atomic E-state index is -0.795. The fraction of sp³-hybridized carbons (Fsp3) is 0.667. The van der Waals surface area contributed by atoms with Crippen molar-refractivity contribution in [3.63, 3.8) is 0 Å². The van der Waals surface area contributed by atoms with Gasteiger partial charge in [0.05, 0.1) is 5.75 Å². The van der Waals surface area contributed by atoms with Crippen LogP contribution in [0.3, 0.4) is 0 Å². The summed E-state index contributed by atoms with van der Waals surface area (Å²) in [6.45, 7) is 3.26. The largest absolute Gasteiger partial charge is 0.481 e. The van der Waals surface area contributed by atoms with E-state index >= 15 is 0 Å². The van der Waals surface area contributed by atoms with Gasteiger partial charge in [-0.2, -0.15) is 0 Å². The Hall–Kier alpha value is -0.970. The Bertz CT molecular complexity index is 397. The maximum absolute atomic E-state index is 10.6. The van der Waals surface area contributed by atoms with Gasteiger partial charge < -0.3 is 9.67 Å². The van der Waals surface area contributed by atoms with Crippen LogP contribution in [-0.2, 0) is 11.3 Å². The number of thioether (sulfide) groups is 1.